The molecule has 3 rings (SSSR count). The molecule has 2 nitrogen and oxygen atoms in total. The minimum absolute atomic E-state index is 0.314. The quantitative estimate of drug-likeness (QED) is 0.657. The fraction of sp³-hybridized carbons (Fsp3) is 0. The molecule has 2 aromatic carbocycles. The van der Waals surface area contributed by atoms with Gasteiger partial charge in [0.25, 0.3) is 0 Å². The van der Waals surface area contributed by atoms with E-state index >= 15 is 0 Å². The first kappa shape index (κ1) is 11.1. The highest BCUT2D eigenvalue weighted by Gasteiger charge is 2.10. The van der Waals surface area contributed by atoms with E-state index < -0.39 is 0 Å². The van der Waals surface area contributed by atoms with Gasteiger partial charge in [0.1, 0.15) is 12.1 Å². The Morgan fingerprint density at radius 1 is 1.06 bits per heavy atom. The predicted octanol–water partition coefficient (Wildman–Crippen LogP) is 4.09. The Morgan fingerprint density at radius 3 is 2.83 bits per heavy atom. The van der Waals surface area contributed by atoms with Crippen LogP contribution in [0.2, 0.25) is 5.02 Å². The molecule has 0 unspecified atom stereocenters. The third kappa shape index (κ3) is 1.83. The van der Waals surface area contributed by atoms with Gasteiger partial charge in [-0.15, -0.1) is 0 Å². The maximum Gasteiger partial charge on any atom is 0.131 e. The first-order chi connectivity index (χ1) is 8.75. The van der Waals surface area contributed by atoms with Crippen molar-refractivity contribution in [2.45, 2.75) is 0 Å². The van der Waals surface area contributed by atoms with E-state index in [0.29, 0.717) is 16.1 Å². The molecular formula is C14H8ClFN2. The maximum atomic E-state index is 13.9. The summed E-state index contributed by atoms with van der Waals surface area (Å²) in [5.41, 5.74) is 1.88. The van der Waals surface area contributed by atoms with Crippen LogP contribution in [0.25, 0.3) is 22.0 Å². The van der Waals surface area contributed by atoms with Crippen LogP contribution in [0.1, 0.15) is 0 Å². The first-order valence-electron chi connectivity index (χ1n) is 5.40. The largest absolute Gasteiger partial charge is 0.244 e. The highest BCUT2D eigenvalue weighted by Crippen LogP contribution is 2.30. The average Bonchev–Trinajstić information content (AvgIpc) is 2.41. The zero-order chi connectivity index (χ0) is 12.5. The SMILES string of the molecule is Fc1ccc(Cl)cc1-c1cccc2cncnc12. The van der Waals surface area contributed by atoms with Crippen LogP contribution in [0.5, 0.6) is 0 Å². The molecule has 0 spiro atoms. The van der Waals surface area contributed by atoms with Crippen LogP contribution < -0.4 is 0 Å². The second-order valence-corrected chi connectivity index (χ2v) is 4.33. The van der Waals surface area contributed by atoms with Gasteiger partial charge in [0, 0.05) is 27.7 Å². The minimum atomic E-state index is -0.314. The van der Waals surface area contributed by atoms with E-state index in [9.17, 15) is 4.39 Å². The van der Waals surface area contributed by atoms with Crippen molar-refractivity contribution in [3.63, 3.8) is 0 Å². The molecule has 1 aromatic heterocycles. The lowest BCUT2D eigenvalue weighted by molar-refractivity contribution is 0.631. The summed E-state index contributed by atoms with van der Waals surface area (Å²) >= 11 is 5.92. The summed E-state index contributed by atoms with van der Waals surface area (Å²) in [6.45, 7) is 0. The molecule has 0 aliphatic carbocycles. The highest BCUT2D eigenvalue weighted by atomic mass is 35.5. The van der Waals surface area contributed by atoms with Crippen molar-refractivity contribution in [1.82, 2.24) is 9.97 Å². The average molecular weight is 259 g/mol. The molecule has 88 valence electrons. The number of aromatic nitrogens is 2. The van der Waals surface area contributed by atoms with E-state index in [1.54, 1.807) is 12.3 Å². The molecule has 0 saturated carbocycles. The molecule has 0 atom stereocenters. The predicted molar refractivity (Wildman–Crippen MR) is 69.9 cm³/mol. The molecule has 4 heteroatoms. The van der Waals surface area contributed by atoms with E-state index in [1.807, 2.05) is 18.2 Å². The summed E-state index contributed by atoms with van der Waals surface area (Å²) in [6, 6.07) is 10.1. The molecule has 1 heterocycles. The van der Waals surface area contributed by atoms with Crippen LogP contribution in [0, 0.1) is 5.82 Å². The van der Waals surface area contributed by atoms with Crippen LogP contribution in [-0.2, 0) is 0 Å². The number of hydrogen-bond acceptors (Lipinski definition) is 2. The maximum absolute atomic E-state index is 13.9. The molecule has 0 aliphatic rings. The molecule has 0 fully saturated rings. The molecular weight excluding hydrogens is 251 g/mol. The number of nitrogens with zero attached hydrogens (tertiary/aromatic N) is 2. The number of fused-ring (bicyclic) bond motifs is 1. The van der Waals surface area contributed by atoms with Gasteiger partial charge in [0.15, 0.2) is 0 Å². The fourth-order valence-corrected chi connectivity index (χ4v) is 2.11. The van der Waals surface area contributed by atoms with Crippen LogP contribution in [0.3, 0.4) is 0 Å². The van der Waals surface area contributed by atoms with Crippen molar-refractivity contribution in [3.05, 3.63) is 59.8 Å². The van der Waals surface area contributed by atoms with Crippen molar-refractivity contribution in [3.8, 4) is 11.1 Å². The van der Waals surface area contributed by atoms with Gasteiger partial charge in [0.2, 0.25) is 0 Å². The van der Waals surface area contributed by atoms with Crippen LogP contribution >= 0.6 is 11.6 Å². The molecule has 0 radical (unpaired) electrons. The summed E-state index contributed by atoms with van der Waals surface area (Å²) in [5, 5.41) is 1.37. The summed E-state index contributed by atoms with van der Waals surface area (Å²) in [5.74, 6) is -0.314. The molecule has 0 saturated heterocycles. The normalized spacial score (nSPS) is 10.8. The summed E-state index contributed by atoms with van der Waals surface area (Å²) in [4.78, 5) is 8.16. The lowest BCUT2D eigenvalue weighted by Crippen LogP contribution is -1.89. The molecule has 18 heavy (non-hydrogen) atoms. The third-order valence-corrected chi connectivity index (χ3v) is 2.99. The van der Waals surface area contributed by atoms with Crippen molar-refractivity contribution >= 4 is 22.5 Å². The van der Waals surface area contributed by atoms with Gasteiger partial charge >= 0.3 is 0 Å². The second-order valence-electron chi connectivity index (χ2n) is 3.89. The van der Waals surface area contributed by atoms with Crippen molar-refractivity contribution in [2.24, 2.45) is 0 Å². The second kappa shape index (κ2) is 4.35. The lowest BCUT2D eigenvalue weighted by atomic mass is 10.0. The van der Waals surface area contributed by atoms with Gasteiger partial charge in [-0.3, -0.25) is 0 Å². The van der Waals surface area contributed by atoms with Gasteiger partial charge in [-0.2, -0.15) is 0 Å². The Labute approximate surface area is 108 Å². The Kier molecular flexibility index (Phi) is 2.68. The number of rotatable bonds is 1. The number of hydrogen-bond donors (Lipinski definition) is 0. The zero-order valence-electron chi connectivity index (χ0n) is 9.27. The van der Waals surface area contributed by atoms with E-state index in [4.69, 9.17) is 11.6 Å². The highest BCUT2D eigenvalue weighted by molar-refractivity contribution is 6.30. The van der Waals surface area contributed by atoms with Gasteiger partial charge in [-0.25, -0.2) is 14.4 Å². The Bertz CT molecular complexity index is 723. The molecule has 0 aliphatic heterocycles. The Morgan fingerprint density at radius 2 is 1.94 bits per heavy atom. The van der Waals surface area contributed by atoms with Gasteiger partial charge in [-0.1, -0.05) is 29.8 Å². The minimum Gasteiger partial charge on any atom is -0.244 e. The van der Waals surface area contributed by atoms with E-state index in [1.165, 1.54) is 18.5 Å². The summed E-state index contributed by atoms with van der Waals surface area (Å²) < 4.78 is 13.9. The van der Waals surface area contributed by atoms with Crippen molar-refractivity contribution in [2.75, 3.05) is 0 Å². The van der Waals surface area contributed by atoms with E-state index in [0.717, 1.165) is 10.9 Å². The number of para-hydroxylation sites is 1. The van der Waals surface area contributed by atoms with Crippen LogP contribution in [-0.4, -0.2) is 9.97 Å². The Balaban J connectivity index is 2.35. The van der Waals surface area contributed by atoms with Gasteiger partial charge in [-0.05, 0) is 18.2 Å². The molecule has 3 aromatic rings. The van der Waals surface area contributed by atoms with Crippen molar-refractivity contribution < 1.29 is 4.39 Å². The van der Waals surface area contributed by atoms with Gasteiger partial charge < -0.3 is 0 Å². The topological polar surface area (TPSA) is 25.8 Å². The summed E-state index contributed by atoms with van der Waals surface area (Å²) in [7, 11) is 0. The number of benzene rings is 2. The summed E-state index contributed by atoms with van der Waals surface area (Å²) in [6.07, 6.45) is 3.16. The molecule has 0 amide bonds. The molecule has 0 bridgehead atoms. The van der Waals surface area contributed by atoms with Gasteiger partial charge in [0.05, 0.1) is 5.52 Å². The smallest absolute Gasteiger partial charge is 0.131 e. The zero-order valence-corrected chi connectivity index (χ0v) is 10.0. The third-order valence-electron chi connectivity index (χ3n) is 2.75. The van der Waals surface area contributed by atoms with E-state index in [2.05, 4.69) is 9.97 Å². The lowest BCUT2D eigenvalue weighted by Gasteiger charge is -2.07. The van der Waals surface area contributed by atoms with Crippen molar-refractivity contribution in [1.29, 1.82) is 0 Å². The van der Waals surface area contributed by atoms with Crippen LogP contribution in [0.15, 0.2) is 48.9 Å². The first-order valence-corrected chi connectivity index (χ1v) is 5.77. The number of halogens is 2. The fourth-order valence-electron chi connectivity index (χ4n) is 1.94. The standard InChI is InChI=1S/C14H8ClFN2/c15-10-4-5-13(16)12(6-10)11-3-1-2-9-7-17-8-18-14(9)11/h1-8H. The molecule has 0 N–H and O–H groups in total. The Hall–Kier alpha value is -2.00. The van der Waals surface area contributed by atoms with Crippen LogP contribution in [0.4, 0.5) is 4.39 Å². The monoisotopic (exact) mass is 258 g/mol. The van der Waals surface area contributed by atoms with E-state index in [-0.39, 0.29) is 5.82 Å².